The number of nitrogens with one attached hydrogen (secondary N) is 1. The van der Waals surface area contributed by atoms with E-state index in [0.717, 1.165) is 23.2 Å². The summed E-state index contributed by atoms with van der Waals surface area (Å²) in [4.78, 5) is 12.2. The number of para-hydroxylation sites is 1. The van der Waals surface area contributed by atoms with Gasteiger partial charge in [0, 0.05) is 11.6 Å². The Bertz CT molecular complexity index is 681. The molecule has 24 heavy (non-hydrogen) atoms. The van der Waals surface area contributed by atoms with Crippen LogP contribution in [0.25, 0.3) is 0 Å². The third-order valence-electron chi connectivity index (χ3n) is 4.14. The number of aryl methyl sites for hydroxylation is 2. The second kappa shape index (κ2) is 8.30. The molecule has 2 atom stereocenters. The van der Waals surface area contributed by atoms with E-state index in [0.29, 0.717) is 17.0 Å². The van der Waals surface area contributed by atoms with E-state index >= 15 is 0 Å². The van der Waals surface area contributed by atoms with Crippen molar-refractivity contribution in [2.24, 2.45) is 5.92 Å². The maximum absolute atomic E-state index is 12.2. The Morgan fingerprint density at radius 3 is 2.62 bits per heavy atom. The Morgan fingerprint density at radius 2 is 2.00 bits per heavy atom. The van der Waals surface area contributed by atoms with Gasteiger partial charge in [0.05, 0.1) is 5.75 Å². The molecule has 130 valence electrons. The van der Waals surface area contributed by atoms with Gasteiger partial charge in [0.25, 0.3) is 11.1 Å². The molecule has 1 aromatic carbocycles. The van der Waals surface area contributed by atoms with Gasteiger partial charge in [-0.1, -0.05) is 43.8 Å². The van der Waals surface area contributed by atoms with Gasteiger partial charge in [-0.05, 0) is 31.4 Å². The highest BCUT2D eigenvalue weighted by Crippen LogP contribution is 2.24. The lowest BCUT2D eigenvalue weighted by Crippen LogP contribution is -2.56. The first-order chi connectivity index (χ1) is 11.4. The Labute approximate surface area is 146 Å². The van der Waals surface area contributed by atoms with E-state index in [1.807, 2.05) is 32.0 Å². The van der Waals surface area contributed by atoms with E-state index in [2.05, 4.69) is 35.1 Å². The molecular formula is C17H25N4O2S+. The zero-order chi connectivity index (χ0) is 17.7. The Morgan fingerprint density at radius 1 is 1.33 bits per heavy atom. The lowest BCUT2D eigenvalue weighted by atomic mass is 10.0. The van der Waals surface area contributed by atoms with Crippen LogP contribution in [-0.2, 0) is 4.79 Å². The molecule has 4 N–H and O–H groups in total. The van der Waals surface area contributed by atoms with Crippen molar-refractivity contribution in [2.45, 2.75) is 45.4 Å². The maximum atomic E-state index is 12.2. The fourth-order valence-electron chi connectivity index (χ4n) is 2.27. The van der Waals surface area contributed by atoms with Gasteiger partial charge in [0.1, 0.15) is 0 Å². The summed E-state index contributed by atoms with van der Waals surface area (Å²) in [5, 5.41) is 11.4. The molecular weight excluding hydrogens is 324 g/mol. The third-order valence-corrected chi connectivity index (χ3v) is 4.96. The number of quaternary nitrogens is 1. The van der Waals surface area contributed by atoms with Crippen LogP contribution in [0, 0.1) is 19.8 Å². The molecule has 0 saturated heterocycles. The maximum Gasteiger partial charge on any atom is 0.277 e. The molecule has 0 spiro atoms. The van der Waals surface area contributed by atoms with Crippen LogP contribution >= 0.6 is 11.8 Å². The van der Waals surface area contributed by atoms with E-state index < -0.39 is 0 Å². The minimum absolute atomic E-state index is 0.0275. The van der Waals surface area contributed by atoms with Crippen LogP contribution in [0.5, 0.6) is 0 Å². The summed E-state index contributed by atoms with van der Waals surface area (Å²) >= 11 is 1.24. The Hall–Kier alpha value is -1.86. The van der Waals surface area contributed by atoms with Gasteiger partial charge in [-0.25, -0.2) is 0 Å². The molecule has 0 radical (unpaired) electrons. The Kier molecular flexibility index (Phi) is 6.39. The number of thioether (sulfide) groups is 1. The largest absolute Gasteiger partial charge is 0.410 e. The summed E-state index contributed by atoms with van der Waals surface area (Å²) in [5.74, 6) is 1.03. The first-order valence-corrected chi connectivity index (χ1v) is 9.06. The molecule has 1 heterocycles. The van der Waals surface area contributed by atoms with Gasteiger partial charge < -0.3 is 15.5 Å². The van der Waals surface area contributed by atoms with E-state index in [1.165, 1.54) is 11.8 Å². The highest BCUT2D eigenvalue weighted by molar-refractivity contribution is 7.99. The third kappa shape index (κ3) is 4.58. The van der Waals surface area contributed by atoms with Gasteiger partial charge in [-0.15, -0.1) is 10.2 Å². The molecule has 1 amide bonds. The molecule has 1 aromatic heterocycles. The van der Waals surface area contributed by atoms with Crippen LogP contribution < -0.4 is 11.1 Å². The van der Waals surface area contributed by atoms with Crippen LogP contribution in [-0.4, -0.2) is 21.9 Å². The zero-order valence-corrected chi connectivity index (χ0v) is 15.4. The van der Waals surface area contributed by atoms with Crippen LogP contribution in [0.4, 0.5) is 5.69 Å². The number of carbonyl (C=O) groups excluding carboxylic acids is 1. The SMILES string of the molecule is CCC(C)C([NH3+])c1nnc(SCC(=O)Nc2c(C)cccc2C)o1. The predicted molar refractivity (Wildman–Crippen MR) is 94.7 cm³/mol. The molecule has 0 aliphatic carbocycles. The zero-order valence-electron chi connectivity index (χ0n) is 14.6. The van der Waals surface area contributed by atoms with E-state index in [4.69, 9.17) is 4.42 Å². The number of rotatable bonds is 7. The minimum Gasteiger partial charge on any atom is -0.410 e. The molecule has 0 aliphatic heterocycles. The van der Waals surface area contributed by atoms with Gasteiger partial charge in [0.2, 0.25) is 5.91 Å². The van der Waals surface area contributed by atoms with Crippen LogP contribution in [0.3, 0.4) is 0 Å². The monoisotopic (exact) mass is 349 g/mol. The lowest BCUT2D eigenvalue weighted by Gasteiger charge is -2.10. The van der Waals surface area contributed by atoms with Crippen molar-refractivity contribution in [1.82, 2.24) is 10.2 Å². The van der Waals surface area contributed by atoms with Gasteiger partial charge in [-0.3, -0.25) is 4.79 Å². The molecule has 2 unspecified atom stereocenters. The molecule has 0 fully saturated rings. The smallest absolute Gasteiger partial charge is 0.277 e. The second-order valence-corrected chi connectivity index (χ2v) is 6.93. The van der Waals surface area contributed by atoms with Crippen LogP contribution in [0.1, 0.15) is 43.3 Å². The quantitative estimate of drug-likeness (QED) is 0.749. The number of hydrogen-bond acceptors (Lipinski definition) is 5. The van der Waals surface area contributed by atoms with Crippen LogP contribution in [0.2, 0.25) is 0 Å². The minimum atomic E-state index is -0.0924. The Balaban J connectivity index is 1.92. The summed E-state index contributed by atoms with van der Waals surface area (Å²) in [7, 11) is 0. The highest BCUT2D eigenvalue weighted by atomic mass is 32.2. The fourth-order valence-corrected chi connectivity index (χ4v) is 2.84. The number of carbonyl (C=O) groups is 1. The van der Waals surface area contributed by atoms with E-state index in [9.17, 15) is 4.79 Å². The molecule has 2 aromatic rings. The topological polar surface area (TPSA) is 95.7 Å². The van der Waals surface area contributed by atoms with Crippen molar-refractivity contribution < 1.29 is 14.9 Å². The summed E-state index contributed by atoms with van der Waals surface area (Å²) in [6.07, 6.45) is 0.997. The number of benzene rings is 1. The van der Waals surface area contributed by atoms with Gasteiger partial charge >= 0.3 is 0 Å². The number of anilines is 1. The first kappa shape index (κ1) is 18.5. The van der Waals surface area contributed by atoms with Crippen molar-refractivity contribution in [3.05, 3.63) is 35.2 Å². The van der Waals surface area contributed by atoms with Crippen molar-refractivity contribution >= 4 is 23.4 Å². The van der Waals surface area contributed by atoms with Gasteiger partial charge in [-0.2, -0.15) is 0 Å². The summed E-state index contributed by atoms with van der Waals surface area (Å²) in [5.41, 5.74) is 7.03. The normalized spacial score (nSPS) is 13.5. The molecule has 0 saturated carbocycles. The fraction of sp³-hybridized carbons (Fsp3) is 0.471. The summed E-state index contributed by atoms with van der Waals surface area (Å²) in [6, 6.07) is 5.90. The summed E-state index contributed by atoms with van der Waals surface area (Å²) < 4.78 is 5.61. The molecule has 2 rings (SSSR count). The molecule has 6 nitrogen and oxygen atoms in total. The van der Waals surface area contributed by atoms with Crippen LogP contribution in [0.15, 0.2) is 27.8 Å². The predicted octanol–water partition coefficient (Wildman–Crippen LogP) is 2.75. The lowest BCUT2D eigenvalue weighted by molar-refractivity contribution is -0.444. The molecule has 0 bridgehead atoms. The van der Waals surface area contributed by atoms with Crippen molar-refractivity contribution in [1.29, 1.82) is 0 Å². The van der Waals surface area contributed by atoms with Crippen molar-refractivity contribution in [3.63, 3.8) is 0 Å². The second-order valence-electron chi connectivity index (χ2n) is 6.00. The number of aromatic nitrogens is 2. The number of hydrogen-bond donors (Lipinski definition) is 2. The highest BCUT2D eigenvalue weighted by Gasteiger charge is 2.23. The standard InChI is InChI=1S/C17H24N4O2S/c1-5-10(2)14(18)16-20-21-17(23-16)24-9-13(22)19-15-11(3)7-6-8-12(15)4/h6-8,10,14H,5,9,18H2,1-4H3,(H,19,22)/p+1. The molecule has 0 aliphatic rings. The van der Waals surface area contributed by atoms with Crippen molar-refractivity contribution in [3.8, 4) is 0 Å². The van der Waals surface area contributed by atoms with E-state index in [-0.39, 0.29) is 17.7 Å². The number of amides is 1. The first-order valence-electron chi connectivity index (χ1n) is 8.07. The van der Waals surface area contributed by atoms with Crippen molar-refractivity contribution in [2.75, 3.05) is 11.1 Å². The average molecular weight is 349 g/mol. The average Bonchev–Trinajstić information content (AvgIpc) is 3.04. The molecule has 7 heteroatoms. The van der Waals surface area contributed by atoms with E-state index in [1.54, 1.807) is 0 Å². The summed E-state index contributed by atoms with van der Waals surface area (Å²) in [6.45, 7) is 8.16. The number of nitrogens with zero attached hydrogens (tertiary/aromatic N) is 2. The van der Waals surface area contributed by atoms with Gasteiger partial charge in [0.15, 0.2) is 6.04 Å².